The summed E-state index contributed by atoms with van der Waals surface area (Å²) in [6.45, 7) is -0.130. The van der Waals surface area contributed by atoms with E-state index in [9.17, 15) is 23.1 Å². The van der Waals surface area contributed by atoms with E-state index in [0.717, 1.165) is 23.3 Å². The van der Waals surface area contributed by atoms with E-state index in [1.807, 2.05) is 60.7 Å². The summed E-state index contributed by atoms with van der Waals surface area (Å²) in [5.41, 5.74) is 1.66. The lowest BCUT2D eigenvalue weighted by molar-refractivity contribution is 0.0998. The summed E-state index contributed by atoms with van der Waals surface area (Å²) in [6.07, 6.45) is 0. The topological polar surface area (TPSA) is 70.6 Å². The Morgan fingerprint density at radius 2 is 1.41 bits per heavy atom. The van der Waals surface area contributed by atoms with Crippen LogP contribution in [0.4, 0.5) is 18.0 Å². The fourth-order valence-electron chi connectivity index (χ4n) is 3.14. The van der Waals surface area contributed by atoms with Crippen molar-refractivity contribution in [3.63, 3.8) is 0 Å². The summed E-state index contributed by atoms with van der Waals surface area (Å²) >= 11 is 0. The summed E-state index contributed by atoms with van der Waals surface area (Å²) in [5.74, 6) is -4.43. The molecule has 0 spiro atoms. The molecule has 0 fully saturated rings. The van der Waals surface area contributed by atoms with E-state index < -0.39 is 42.2 Å². The third-order valence-corrected chi connectivity index (χ3v) is 4.80. The predicted octanol–water partition coefficient (Wildman–Crippen LogP) is 4.39. The molecule has 3 N–H and O–H groups in total. The minimum atomic E-state index is -1.62. The van der Waals surface area contributed by atoms with Crippen molar-refractivity contribution in [2.45, 2.75) is 18.7 Å². The second-order valence-electron chi connectivity index (χ2n) is 7.12. The van der Waals surface area contributed by atoms with Crippen molar-refractivity contribution in [2.24, 2.45) is 0 Å². The lowest BCUT2D eigenvalue weighted by Crippen LogP contribution is -2.42. The second kappa shape index (κ2) is 11.3. The van der Waals surface area contributed by atoms with Crippen molar-refractivity contribution < 1.29 is 27.8 Å². The molecule has 0 heterocycles. The van der Waals surface area contributed by atoms with Crippen LogP contribution in [0.2, 0.25) is 0 Å². The Bertz CT molecular complexity index is 997. The Balaban J connectivity index is 1.67. The number of halogens is 3. The number of hydrogen-bond acceptors (Lipinski definition) is 3. The van der Waals surface area contributed by atoms with Gasteiger partial charge >= 0.3 is 6.03 Å². The van der Waals surface area contributed by atoms with Crippen LogP contribution in [0.15, 0.2) is 72.8 Å². The molecule has 32 heavy (non-hydrogen) atoms. The first-order chi connectivity index (χ1) is 15.5. The van der Waals surface area contributed by atoms with E-state index in [0.29, 0.717) is 6.61 Å². The molecule has 0 aromatic heterocycles. The number of carbonyl (C=O) groups excluding carboxylic acids is 1. The molecule has 2 amide bonds. The molecule has 168 valence electrons. The third kappa shape index (κ3) is 6.32. The van der Waals surface area contributed by atoms with Crippen LogP contribution in [0.25, 0.3) is 0 Å². The fourth-order valence-corrected chi connectivity index (χ4v) is 3.14. The van der Waals surface area contributed by atoms with E-state index in [1.54, 1.807) is 0 Å². The zero-order valence-electron chi connectivity index (χ0n) is 17.1. The van der Waals surface area contributed by atoms with Gasteiger partial charge in [-0.2, -0.15) is 0 Å². The predicted molar refractivity (Wildman–Crippen MR) is 113 cm³/mol. The molecule has 3 rings (SSSR count). The number of hydrogen-bond donors (Lipinski definition) is 3. The van der Waals surface area contributed by atoms with Crippen LogP contribution in [-0.4, -0.2) is 24.4 Å². The highest BCUT2D eigenvalue weighted by molar-refractivity contribution is 5.75. The third-order valence-electron chi connectivity index (χ3n) is 4.80. The zero-order valence-corrected chi connectivity index (χ0v) is 17.1. The summed E-state index contributed by atoms with van der Waals surface area (Å²) in [7, 11) is 0. The minimum Gasteiger partial charge on any atom is -0.394 e. The molecular formula is C24H23F3N2O3. The number of ether oxygens (including phenoxy) is 1. The van der Waals surface area contributed by atoms with Gasteiger partial charge in [0.25, 0.3) is 0 Å². The molecule has 0 bridgehead atoms. The highest BCUT2D eigenvalue weighted by atomic mass is 19.2. The normalized spacial score (nSPS) is 12.8. The van der Waals surface area contributed by atoms with Crippen molar-refractivity contribution in [3.8, 4) is 0 Å². The SMILES string of the molecule is O=C(NC(CO)c1cc(F)c(F)c(F)c1)NC(COCc1ccccc1)c1ccccc1. The average Bonchev–Trinajstić information content (AvgIpc) is 2.81. The number of nitrogens with one attached hydrogen (secondary N) is 2. The quantitative estimate of drug-likeness (QED) is 0.429. The molecule has 0 radical (unpaired) electrons. The van der Waals surface area contributed by atoms with Gasteiger partial charge < -0.3 is 20.5 Å². The van der Waals surface area contributed by atoms with Crippen LogP contribution in [0.3, 0.4) is 0 Å². The van der Waals surface area contributed by atoms with Gasteiger partial charge in [0.1, 0.15) is 0 Å². The maximum atomic E-state index is 13.5. The van der Waals surface area contributed by atoms with Crippen LogP contribution >= 0.6 is 0 Å². The Kier molecular flexibility index (Phi) is 8.24. The summed E-state index contributed by atoms with van der Waals surface area (Å²) in [5, 5.41) is 14.8. The lowest BCUT2D eigenvalue weighted by Gasteiger charge is -2.23. The van der Waals surface area contributed by atoms with Gasteiger partial charge in [0.05, 0.1) is 31.9 Å². The van der Waals surface area contributed by atoms with Crippen LogP contribution < -0.4 is 10.6 Å². The molecule has 0 saturated heterocycles. The highest BCUT2D eigenvalue weighted by Gasteiger charge is 2.21. The van der Waals surface area contributed by atoms with Crippen LogP contribution in [0.1, 0.15) is 28.8 Å². The van der Waals surface area contributed by atoms with E-state index in [-0.39, 0.29) is 12.2 Å². The zero-order chi connectivity index (χ0) is 22.9. The van der Waals surface area contributed by atoms with Gasteiger partial charge in [-0.05, 0) is 28.8 Å². The number of aliphatic hydroxyl groups excluding tert-OH is 1. The molecule has 0 aliphatic heterocycles. The highest BCUT2D eigenvalue weighted by Crippen LogP contribution is 2.20. The smallest absolute Gasteiger partial charge is 0.315 e. The van der Waals surface area contributed by atoms with E-state index >= 15 is 0 Å². The Morgan fingerprint density at radius 3 is 2.00 bits per heavy atom. The van der Waals surface area contributed by atoms with Gasteiger partial charge in [0, 0.05) is 0 Å². The number of aliphatic hydroxyl groups is 1. The summed E-state index contributed by atoms with van der Waals surface area (Å²) in [6, 6.07) is 17.8. The first-order valence-corrected chi connectivity index (χ1v) is 9.97. The van der Waals surface area contributed by atoms with Gasteiger partial charge in [-0.15, -0.1) is 0 Å². The Morgan fingerprint density at radius 1 is 0.844 bits per heavy atom. The van der Waals surface area contributed by atoms with Gasteiger partial charge in [-0.25, -0.2) is 18.0 Å². The van der Waals surface area contributed by atoms with Gasteiger partial charge in [-0.3, -0.25) is 0 Å². The van der Waals surface area contributed by atoms with Crippen LogP contribution in [-0.2, 0) is 11.3 Å². The van der Waals surface area contributed by atoms with E-state index in [1.165, 1.54) is 0 Å². The number of benzene rings is 3. The van der Waals surface area contributed by atoms with Gasteiger partial charge in [0.15, 0.2) is 17.5 Å². The van der Waals surface area contributed by atoms with Gasteiger partial charge in [-0.1, -0.05) is 60.7 Å². The Labute approximate surface area is 183 Å². The summed E-state index contributed by atoms with van der Waals surface area (Å²) in [4.78, 5) is 12.6. The number of amides is 2. The summed E-state index contributed by atoms with van der Waals surface area (Å²) < 4.78 is 46.1. The molecule has 5 nitrogen and oxygen atoms in total. The molecular weight excluding hydrogens is 421 g/mol. The molecule has 2 unspecified atom stereocenters. The van der Waals surface area contributed by atoms with Crippen molar-refractivity contribution in [3.05, 3.63) is 107 Å². The van der Waals surface area contributed by atoms with Crippen molar-refractivity contribution in [2.75, 3.05) is 13.2 Å². The molecule has 2 atom stereocenters. The lowest BCUT2D eigenvalue weighted by atomic mass is 10.1. The van der Waals surface area contributed by atoms with Crippen molar-refractivity contribution in [1.82, 2.24) is 10.6 Å². The van der Waals surface area contributed by atoms with Crippen molar-refractivity contribution >= 4 is 6.03 Å². The number of carbonyl (C=O) groups is 1. The molecule has 0 saturated carbocycles. The second-order valence-corrected chi connectivity index (χ2v) is 7.12. The minimum absolute atomic E-state index is 0.101. The molecule has 8 heteroatoms. The first kappa shape index (κ1) is 23.3. The van der Waals surface area contributed by atoms with Gasteiger partial charge in [0.2, 0.25) is 0 Å². The maximum Gasteiger partial charge on any atom is 0.315 e. The number of urea groups is 1. The molecule has 0 aliphatic carbocycles. The van der Waals surface area contributed by atoms with Crippen LogP contribution in [0.5, 0.6) is 0 Å². The standard InChI is InChI=1S/C24H23F3N2O3/c25-19-11-18(12-20(26)23(19)27)21(13-30)28-24(31)29-22(17-9-5-2-6-10-17)15-32-14-16-7-3-1-4-8-16/h1-12,21-22,30H,13-15H2,(H2,28,29,31). The molecule has 3 aromatic rings. The Hall–Kier alpha value is -3.36. The monoisotopic (exact) mass is 444 g/mol. The maximum absolute atomic E-state index is 13.5. The first-order valence-electron chi connectivity index (χ1n) is 9.97. The van der Waals surface area contributed by atoms with E-state index in [4.69, 9.17) is 4.74 Å². The molecule has 3 aromatic carbocycles. The fraction of sp³-hybridized carbons (Fsp3) is 0.208. The van der Waals surface area contributed by atoms with E-state index in [2.05, 4.69) is 10.6 Å². The number of rotatable bonds is 9. The van der Waals surface area contributed by atoms with Crippen molar-refractivity contribution in [1.29, 1.82) is 0 Å². The van der Waals surface area contributed by atoms with Crippen LogP contribution in [0, 0.1) is 17.5 Å². The average molecular weight is 444 g/mol. The largest absolute Gasteiger partial charge is 0.394 e. The molecule has 0 aliphatic rings.